The zero-order valence-electron chi connectivity index (χ0n) is 41.3. The Bertz CT molecular complexity index is 1460. The van der Waals surface area contributed by atoms with E-state index >= 15 is 0 Å². The molecule has 14 heteroatoms. The standard InChI is InChI=1S/C54H91NO13/c1-3-5-7-9-10-11-12-13-14-15-16-17-18-19-20-21-22-23-24-25-26-27-28-29-30-31-32-34-36-38-46(59)55-42(43(58)37-35-33-8-6-4-2)41-65-53-51(64)49(62)52(45(40-57)67-53)68-54-50(63)48(61)47(60)44(39-56)66-54/h5,7,10-11,13-14,16-17,19-20,22-23,25-26,42-45,47-54,56-58,60-64H,3-4,6,8-9,12,15,18,21,24,27-41H2,1-2H3,(H,55,59)/b7-5-,11-10-,14-13-,17-16-,20-19-,23-22-,26-25-. The van der Waals surface area contributed by atoms with E-state index in [1.165, 1.54) is 6.42 Å². The predicted octanol–water partition coefficient (Wildman–Crippen LogP) is 6.99. The maximum absolute atomic E-state index is 13.1. The van der Waals surface area contributed by atoms with E-state index in [2.05, 4.69) is 104 Å². The van der Waals surface area contributed by atoms with Crippen LogP contribution in [0.4, 0.5) is 0 Å². The number of hydrogen-bond donors (Lipinski definition) is 9. The van der Waals surface area contributed by atoms with Crippen LogP contribution in [0.1, 0.15) is 155 Å². The van der Waals surface area contributed by atoms with Crippen LogP contribution in [0.2, 0.25) is 0 Å². The number of hydrogen-bond acceptors (Lipinski definition) is 13. The summed E-state index contributed by atoms with van der Waals surface area (Å²) < 4.78 is 22.6. The molecule has 68 heavy (non-hydrogen) atoms. The molecule has 1 amide bonds. The van der Waals surface area contributed by atoms with Gasteiger partial charge in [-0.2, -0.15) is 0 Å². The minimum absolute atomic E-state index is 0.231. The van der Waals surface area contributed by atoms with Gasteiger partial charge in [0, 0.05) is 6.42 Å². The highest BCUT2D eigenvalue weighted by Crippen LogP contribution is 2.30. The summed E-state index contributed by atoms with van der Waals surface area (Å²) in [5.74, 6) is -0.231. The van der Waals surface area contributed by atoms with Gasteiger partial charge in [-0.15, -0.1) is 0 Å². The number of allylic oxidation sites excluding steroid dienone is 14. The first-order valence-corrected chi connectivity index (χ1v) is 25.8. The van der Waals surface area contributed by atoms with Gasteiger partial charge in [-0.25, -0.2) is 0 Å². The summed E-state index contributed by atoms with van der Waals surface area (Å²) in [6, 6.07) is -0.836. The first-order valence-electron chi connectivity index (χ1n) is 25.8. The molecule has 9 N–H and O–H groups in total. The molecule has 12 atom stereocenters. The molecule has 2 heterocycles. The highest BCUT2D eigenvalue weighted by Gasteiger charge is 2.51. The molecule has 390 valence electrons. The molecular weight excluding hydrogens is 871 g/mol. The summed E-state index contributed by atoms with van der Waals surface area (Å²) in [5.41, 5.74) is 0. The van der Waals surface area contributed by atoms with Crippen molar-refractivity contribution in [1.82, 2.24) is 5.32 Å². The Balaban J connectivity index is 1.65. The van der Waals surface area contributed by atoms with Crippen molar-refractivity contribution in [3.63, 3.8) is 0 Å². The van der Waals surface area contributed by atoms with Crippen LogP contribution in [-0.4, -0.2) is 140 Å². The Morgan fingerprint density at radius 3 is 1.56 bits per heavy atom. The first kappa shape index (κ1) is 61.3. The van der Waals surface area contributed by atoms with Crippen molar-refractivity contribution >= 4 is 5.91 Å². The summed E-state index contributed by atoms with van der Waals surface area (Å²) in [4.78, 5) is 13.1. The number of nitrogens with one attached hydrogen (secondary N) is 1. The topological polar surface area (TPSA) is 228 Å². The number of carbonyl (C=O) groups is 1. The van der Waals surface area contributed by atoms with Gasteiger partial charge in [0.15, 0.2) is 12.6 Å². The van der Waals surface area contributed by atoms with Crippen molar-refractivity contribution in [2.75, 3.05) is 19.8 Å². The summed E-state index contributed by atoms with van der Waals surface area (Å²) in [6.07, 6.45) is 35.1. The zero-order valence-corrected chi connectivity index (χ0v) is 41.3. The Morgan fingerprint density at radius 2 is 1.01 bits per heavy atom. The number of unbranched alkanes of at least 4 members (excludes halogenated alkanes) is 11. The molecule has 2 saturated heterocycles. The molecular formula is C54H91NO13. The molecule has 0 radical (unpaired) electrons. The molecule has 0 aromatic carbocycles. The van der Waals surface area contributed by atoms with Crippen LogP contribution in [0.5, 0.6) is 0 Å². The maximum Gasteiger partial charge on any atom is 0.220 e. The van der Waals surface area contributed by atoms with E-state index in [0.29, 0.717) is 12.8 Å². The lowest BCUT2D eigenvalue weighted by Crippen LogP contribution is -2.65. The average Bonchev–Trinajstić information content (AvgIpc) is 3.34. The van der Waals surface area contributed by atoms with E-state index in [-0.39, 0.29) is 18.9 Å². The summed E-state index contributed by atoms with van der Waals surface area (Å²) in [5, 5.41) is 86.4. The summed E-state index contributed by atoms with van der Waals surface area (Å²) in [7, 11) is 0. The number of carbonyl (C=O) groups excluding carboxylic acids is 1. The zero-order chi connectivity index (χ0) is 49.6. The lowest BCUT2D eigenvalue weighted by molar-refractivity contribution is -0.359. The average molecular weight is 962 g/mol. The first-order chi connectivity index (χ1) is 33.1. The van der Waals surface area contributed by atoms with E-state index in [0.717, 1.165) is 116 Å². The second-order valence-corrected chi connectivity index (χ2v) is 17.9. The normalized spacial score (nSPS) is 27.1. The van der Waals surface area contributed by atoms with Gasteiger partial charge in [-0.1, -0.05) is 163 Å². The SMILES string of the molecule is CC/C=C\C/C=C\C/C=C\C/C=C\C/C=C\C/C=C\C/C=C\CCCCCCCCCC(=O)NC(COC1OC(CO)C(OC2OC(CO)C(O)C(O)C2O)C(O)C1O)C(O)CCCCCCC. The molecule has 2 fully saturated rings. The van der Waals surface area contributed by atoms with Crippen molar-refractivity contribution < 1.29 is 64.6 Å². The fourth-order valence-electron chi connectivity index (χ4n) is 7.92. The second kappa shape index (κ2) is 39.8. The lowest BCUT2D eigenvalue weighted by atomic mass is 9.97. The van der Waals surface area contributed by atoms with Gasteiger partial charge in [0.05, 0.1) is 32.0 Å². The van der Waals surface area contributed by atoms with Crippen LogP contribution in [0.15, 0.2) is 85.1 Å². The van der Waals surface area contributed by atoms with Crippen LogP contribution in [0, 0.1) is 0 Å². The molecule has 0 aromatic heterocycles. The molecule has 0 bridgehead atoms. The van der Waals surface area contributed by atoms with Crippen molar-refractivity contribution in [3.05, 3.63) is 85.1 Å². The Kier molecular flexibility index (Phi) is 35.9. The van der Waals surface area contributed by atoms with Gasteiger partial charge in [-0.3, -0.25) is 4.79 Å². The molecule has 14 nitrogen and oxygen atoms in total. The van der Waals surface area contributed by atoms with E-state index in [9.17, 15) is 45.6 Å². The number of aliphatic hydroxyl groups excluding tert-OH is 8. The van der Waals surface area contributed by atoms with E-state index in [4.69, 9.17) is 18.9 Å². The van der Waals surface area contributed by atoms with E-state index in [1.807, 2.05) is 0 Å². The number of ether oxygens (including phenoxy) is 4. The van der Waals surface area contributed by atoms with Crippen molar-refractivity contribution in [1.29, 1.82) is 0 Å². The largest absolute Gasteiger partial charge is 0.394 e. The quantitative estimate of drug-likeness (QED) is 0.0225. The van der Waals surface area contributed by atoms with Gasteiger partial charge >= 0.3 is 0 Å². The minimum Gasteiger partial charge on any atom is -0.394 e. The van der Waals surface area contributed by atoms with Gasteiger partial charge in [0.2, 0.25) is 5.91 Å². The van der Waals surface area contributed by atoms with Crippen molar-refractivity contribution in [2.45, 2.75) is 229 Å². The maximum atomic E-state index is 13.1. The summed E-state index contributed by atoms with van der Waals surface area (Å²) >= 11 is 0. The Hall–Kier alpha value is -2.83. The van der Waals surface area contributed by atoms with Crippen molar-refractivity contribution in [2.24, 2.45) is 0 Å². The molecule has 2 rings (SSSR count). The van der Waals surface area contributed by atoms with E-state index < -0.39 is 86.8 Å². The Morgan fingerprint density at radius 1 is 0.544 bits per heavy atom. The second-order valence-electron chi connectivity index (χ2n) is 17.9. The van der Waals surface area contributed by atoms with Crippen LogP contribution >= 0.6 is 0 Å². The number of rotatable bonds is 38. The van der Waals surface area contributed by atoms with Crippen LogP contribution < -0.4 is 5.32 Å². The molecule has 2 aliphatic heterocycles. The van der Waals surface area contributed by atoms with Crippen molar-refractivity contribution in [3.8, 4) is 0 Å². The van der Waals surface area contributed by atoms with Crippen LogP contribution in [0.3, 0.4) is 0 Å². The smallest absolute Gasteiger partial charge is 0.220 e. The minimum atomic E-state index is -1.78. The summed E-state index contributed by atoms with van der Waals surface area (Å²) in [6.45, 7) is 2.60. The fraction of sp³-hybridized carbons (Fsp3) is 0.722. The third-order valence-electron chi connectivity index (χ3n) is 12.1. The van der Waals surface area contributed by atoms with Crippen LogP contribution in [0.25, 0.3) is 0 Å². The van der Waals surface area contributed by atoms with Gasteiger partial charge in [0.25, 0.3) is 0 Å². The Labute approximate surface area is 408 Å². The molecule has 12 unspecified atom stereocenters. The monoisotopic (exact) mass is 962 g/mol. The number of aliphatic hydroxyl groups is 8. The van der Waals surface area contributed by atoms with Gasteiger partial charge in [-0.05, 0) is 70.6 Å². The van der Waals surface area contributed by atoms with E-state index in [1.54, 1.807) is 0 Å². The molecule has 0 aliphatic carbocycles. The number of amides is 1. The third kappa shape index (κ3) is 26.4. The molecule has 0 saturated carbocycles. The highest BCUT2D eigenvalue weighted by molar-refractivity contribution is 5.76. The molecule has 2 aliphatic rings. The third-order valence-corrected chi connectivity index (χ3v) is 12.1. The molecule has 0 spiro atoms. The fourth-order valence-corrected chi connectivity index (χ4v) is 7.92. The van der Waals surface area contributed by atoms with Gasteiger partial charge in [0.1, 0.15) is 48.8 Å². The van der Waals surface area contributed by atoms with Crippen LogP contribution in [-0.2, 0) is 23.7 Å². The predicted molar refractivity (Wildman–Crippen MR) is 267 cm³/mol. The highest BCUT2D eigenvalue weighted by atomic mass is 16.7. The lowest BCUT2D eigenvalue weighted by Gasteiger charge is -2.46. The molecule has 0 aromatic rings. The van der Waals surface area contributed by atoms with Gasteiger partial charge < -0.3 is 65.1 Å².